The lowest BCUT2D eigenvalue weighted by molar-refractivity contribution is -0.132. The summed E-state index contributed by atoms with van der Waals surface area (Å²) in [6, 6.07) is 15.5. The van der Waals surface area contributed by atoms with Crippen LogP contribution in [0.2, 0.25) is 0 Å². The minimum absolute atomic E-state index is 0.0947. The number of hydrogen-bond acceptors (Lipinski definition) is 5. The standard InChI is InChI=1S/C24H21NO4S/c1-14-7-9-16(10-8-14)21(26)19-20(23-15(2)11-12-30-23)25(24(28)22(19)27)17-5-4-6-18(13-17)29-3/h4-13,20,26H,1-3H3/b21-19-. The van der Waals surface area contributed by atoms with Crippen LogP contribution in [-0.2, 0) is 9.59 Å². The second-order valence-electron chi connectivity index (χ2n) is 7.20. The van der Waals surface area contributed by atoms with E-state index in [0.717, 1.165) is 16.0 Å². The molecule has 0 spiro atoms. The van der Waals surface area contributed by atoms with E-state index in [1.165, 1.54) is 16.2 Å². The Hall–Kier alpha value is -3.38. The zero-order valence-electron chi connectivity index (χ0n) is 16.9. The van der Waals surface area contributed by atoms with E-state index in [-0.39, 0.29) is 11.3 Å². The van der Waals surface area contributed by atoms with E-state index in [4.69, 9.17) is 4.74 Å². The lowest BCUT2D eigenvalue weighted by atomic mass is 9.98. The van der Waals surface area contributed by atoms with Crippen LogP contribution < -0.4 is 9.64 Å². The van der Waals surface area contributed by atoms with Gasteiger partial charge in [-0.3, -0.25) is 14.5 Å². The van der Waals surface area contributed by atoms with Crippen LogP contribution in [0.1, 0.15) is 27.6 Å². The van der Waals surface area contributed by atoms with Gasteiger partial charge in [0.1, 0.15) is 17.6 Å². The molecule has 1 unspecified atom stereocenters. The number of nitrogens with zero attached hydrogens (tertiary/aromatic N) is 1. The van der Waals surface area contributed by atoms with Crippen LogP contribution in [0.15, 0.2) is 65.6 Å². The maximum absolute atomic E-state index is 13.1. The molecule has 0 radical (unpaired) electrons. The largest absolute Gasteiger partial charge is 0.507 e. The Labute approximate surface area is 178 Å². The number of anilines is 1. The fraction of sp³-hybridized carbons (Fsp3) is 0.167. The molecule has 5 nitrogen and oxygen atoms in total. The van der Waals surface area contributed by atoms with E-state index in [2.05, 4.69) is 0 Å². The molecule has 0 saturated carbocycles. The van der Waals surface area contributed by atoms with E-state index < -0.39 is 17.7 Å². The first-order valence-corrected chi connectivity index (χ1v) is 10.4. The van der Waals surface area contributed by atoms with E-state index in [1.54, 1.807) is 43.5 Å². The number of Topliss-reactive ketones (excluding diaryl/α,β-unsaturated/α-hetero) is 1. The van der Waals surface area contributed by atoms with Gasteiger partial charge < -0.3 is 9.84 Å². The molecule has 152 valence electrons. The highest BCUT2D eigenvalue weighted by atomic mass is 32.1. The summed E-state index contributed by atoms with van der Waals surface area (Å²) >= 11 is 1.46. The van der Waals surface area contributed by atoms with Gasteiger partial charge in [0.25, 0.3) is 11.7 Å². The Bertz CT molecular complexity index is 1160. The third kappa shape index (κ3) is 3.29. The Kier molecular flexibility index (Phi) is 5.18. The Morgan fingerprint density at radius 2 is 1.80 bits per heavy atom. The summed E-state index contributed by atoms with van der Waals surface area (Å²) in [4.78, 5) is 28.5. The Morgan fingerprint density at radius 3 is 2.43 bits per heavy atom. The predicted octanol–water partition coefficient (Wildman–Crippen LogP) is 5.00. The molecule has 1 atom stereocenters. The van der Waals surface area contributed by atoms with Crippen molar-refractivity contribution in [3.8, 4) is 5.75 Å². The number of carbonyl (C=O) groups excluding carboxylic acids is 2. The molecule has 1 saturated heterocycles. The van der Waals surface area contributed by atoms with E-state index in [9.17, 15) is 14.7 Å². The summed E-state index contributed by atoms with van der Waals surface area (Å²) in [6.45, 7) is 3.88. The summed E-state index contributed by atoms with van der Waals surface area (Å²) in [7, 11) is 1.55. The van der Waals surface area contributed by atoms with Crippen molar-refractivity contribution >= 4 is 34.5 Å². The zero-order chi connectivity index (χ0) is 21.4. The quantitative estimate of drug-likeness (QED) is 0.367. The van der Waals surface area contributed by atoms with Crippen molar-refractivity contribution in [3.63, 3.8) is 0 Å². The fourth-order valence-corrected chi connectivity index (χ4v) is 4.66. The van der Waals surface area contributed by atoms with Crippen LogP contribution in [0.3, 0.4) is 0 Å². The third-order valence-corrected chi connectivity index (χ3v) is 6.32. The highest BCUT2D eigenvalue weighted by Gasteiger charge is 2.48. The van der Waals surface area contributed by atoms with Crippen molar-refractivity contribution in [2.45, 2.75) is 19.9 Å². The number of thiophene rings is 1. The van der Waals surface area contributed by atoms with Crippen molar-refractivity contribution in [2.24, 2.45) is 0 Å². The number of carbonyl (C=O) groups is 2. The molecule has 3 aromatic rings. The Morgan fingerprint density at radius 1 is 1.07 bits per heavy atom. The first kappa shape index (κ1) is 19.9. The van der Waals surface area contributed by atoms with Crippen molar-refractivity contribution in [1.82, 2.24) is 0 Å². The number of aliphatic hydroxyl groups excluding tert-OH is 1. The van der Waals surface area contributed by atoms with Gasteiger partial charge in [-0.25, -0.2) is 0 Å². The predicted molar refractivity (Wildman–Crippen MR) is 118 cm³/mol. The summed E-state index contributed by atoms with van der Waals surface area (Å²) in [6.07, 6.45) is 0. The number of ketones is 1. The van der Waals surface area contributed by atoms with Crippen LogP contribution in [0, 0.1) is 13.8 Å². The van der Waals surface area contributed by atoms with Gasteiger partial charge in [-0.05, 0) is 43.0 Å². The van der Waals surface area contributed by atoms with Crippen molar-refractivity contribution in [2.75, 3.05) is 12.0 Å². The molecule has 4 rings (SSSR count). The molecule has 1 N–H and O–H groups in total. The van der Waals surface area contributed by atoms with Gasteiger partial charge in [0, 0.05) is 22.2 Å². The van der Waals surface area contributed by atoms with Crippen LogP contribution in [-0.4, -0.2) is 23.9 Å². The van der Waals surface area contributed by atoms with Crippen LogP contribution in [0.5, 0.6) is 5.75 Å². The summed E-state index contributed by atoms with van der Waals surface area (Å²) in [5.41, 5.74) is 3.13. The Balaban J connectivity index is 1.94. The topological polar surface area (TPSA) is 66.8 Å². The molecule has 1 aliphatic rings. The molecule has 1 fully saturated rings. The lowest BCUT2D eigenvalue weighted by Gasteiger charge is -2.25. The number of methoxy groups -OCH3 is 1. The molecule has 0 bridgehead atoms. The van der Waals surface area contributed by atoms with Gasteiger partial charge >= 0.3 is 0 Å². The third-order valence-electron chi connectivity index (χ3n) is 5.25. The molecule has 2 heterocycles. The SMILES string of the molecule is COc1cccc(N2C(=O)C(=O)/C(=C(\O)c3ccc(C)cc3)C2c2sccc2C)c1. The monoisotopic (exact) mass is 419 g/mol. The molecule has 30 heavy (non-hydrogen) atoms. The maximum Gasteiger partial charge on any atom is 0.300 e. The number of ether oxygens (including phenoxy) is 1. The van der Waals surface area contributed by atoms with Crippen LogP contribution in [0.4, 0.5) is 5.69 Å². The minimum Gasteiger partial charge on any atom is -0.507 e. The second-order valence-corrected chi connectivity index (χ2v) is 8.15. The lowest BCUT2D eigenvalue weighted by Crippen LogP contribution is -2.29. The first-order chi connectivity index (χ1) is 14.4. The highest BCUT2D eigenvalue weighted by Crippen LogP contribution is 2.45. The smallest absolute Gasteiger partial charge is 0.300 e. The molecule has 1 aromatic heterocycles. The number of amides is 1. The summed E-state index contributed by atoms with van der Waals surface area (Å²) < 4.78 is 5.30. The molecular weight excluding hydrogens is 398 g/mol. The van der Waals surface area contributed by atoms with Gasteiger partial charge in [0.2, 0.25) is 0 Å². The first-order valence-electron chi connectivity index (χ1n) is 9.48. The van der Waals surface area contributed by atoms with E-state index in [1.807, 2.05) is 37.4 Å². The summed E-state index contributed by atoms with van der Waals surface area (Å²) in [5.74, 6) is -0.963. The van der Waals surface area contributed by atoms with Crippen molar-refractivity contribution < 1.29 is 19.4 Å². The number of aryl methyl sites for hydroxylation is 2. The van der Waals surface area contributed by atoms with Gasteiger partial charge in [-0.15, -0.1) is 11.3 Å². The van der Waals surface area contributed by atoms with E-state index >= 15 is 0 Å². The normalized spacial score (nSPS) is 18.1. The molecule has 0 aliphatic carbocycles. The summed E-state index contributed by atoms with van der Waals surface area (Å²) in [5, 5.41) is 13.0. The van der Waals surface area contributed by atoms with Gasteiger partial charge in [0.15, 0.2) is 0 Å². The van der Waals surface area contributed by atoms with Gasteiger partial charge in [-0.1, -0.05) is 35.9 Å². The van der Waals surface area contributed by atoms with Gasteiger partial charge in [0.05, 0.1) is 12.7 Å². The highest BCUT2D eigenvalue weighted by molar-refractivity contribution is 7.10. The van der Waals surface area contributed by atoms with Crippen molar-refractivity contribution in [3.05, 3.63) is 87.1 Å². The second kappa shape index (κ2) is 7.80. The number of benzene rings is 2. The molecule has 1 amide bonds. The van der Waals surface area contributed by atoms with Gasteiger partial charge in [-0.2, -0.15) is 0 Å². The maximum atomic E-state index is 13.1. The number of rotatable bonds is 4. The average Bonchev–Trinajstić information content (AvgIpc) is 3.28. The zero-order valence-corrected chi connectivity index (χ0v) is 17.7. The molecule has 6 heteroatoms. The molecule has 1 aliphatic heterocycles. The number of aliphatic hydroxyl groups is 1. The average molecular weight is 420 g/mol. The molecular formula is C24H21NO4S. The van der Waals surface area contributed by atoms with Crippen molar-refractivity contribution in [1.29, 1.82) is 0 Å². The molecule has 2 aromatic carbocycles. The van der Waals surface area contributed by atoms with Crippen LogP contribution in [0.25, 0.3) is 5.76 Å². The fourth-order valence-electron chi connectivity index (χ4n) is 3.64. The minimum atomic E-state index is -0.710. The van der Waals surface area contributed by atoms with E-state index in [0.29, 0.717) is 17.0 Å². The van der Waals surface area contributed by atoms with Crippen LogP contribution >= 0.6 is 11.3 Å². The number of hydrogen-bond donors (Lipinski definition) is 1.